The molecule has 0 aromatic heterocycles. The lowest BCUT2D eigenvalue weighted by atomic mass is 10.1. The van der Waals surface area contributed by atoms with Crippen LogP contribution in [0.15, 0.2) is 24.3 Å². The summed E-state index contributed by atoms with van der Waals surface area (Å²) < 4.78 is 11.1. The van der Waals surface area contributed by atoms with Gasteiger partial charge in [0.1, 0.15) is 5.60 Å². The lowest BCUT2D eigenvalue weighted by Crippen LogP contribution is -2.33. The van der Waals surface area contributed by atoms with Crippen LogP contribution in [-0.2, 0) is 9.47 Å². The van der Waals surface area contributed by atoms with Gasteiger partial charge in [-0.15, -0.1) is 0 Å². The molecule has 1 aromatic carbocycles. The van der Waals surface area contributed by atoms with Gasteiger partial charge in [-0.3, -0.25) is 5.32 Å². The molecule has 1 rings (SSSR count). The van der Waals surface area contributed by atoms with Crippen molar-refractivity contribution >= 4 is 11.8 Å². The quantitative estimate of drug-likeness (QED) is 0.867. The molecule has 4 nitrogen and oxygen atoms in total. The minimum atomic E-state index is -0.569. The van der Waals surface area contributed by atoms with Crippen LogP contribution in [-0.4, -0.2) is 23.9 Å². The highest BCUT2D eigenvalue weighted by Crippen LogP contribution is 2.18. The Kier molecular flexibility index (Phi) is 5.78. The molecule has 0 aliphatic heterocycles. The summed E-state index contributed by atoms with van der Waals surface area (Å²) in [5.41, 5.74) is 1.13. The minimum Gasteiger partial charge on any atom is -0.443 e. The Morgan fingerprint density at radius 1 is 1.10 bits per heavy atom. The molecule has 21 heavy (non-hydrogen) atoms. The zero-order chi connectivity index (χ0) is 16.1. The molecule has 0 atom stereocenters. The number of nitrogens with one attached hydrogen (secondary N) is 1. The van der Waals surface area contributed by atoms with Crippen molar-refractivity contribution in [3.05, 3.63) is 29.8 Å². The van der Waals surface area contributed by atoms with Crippen LogP contribution in [0.2, 0.25) is 0 Å². The second-order valence-electron chi connectivity index (χ2n) is 6.85. The van der Waals surface area contributed by atoms with E-state index in [0.717, 1.165) is 11.3 Å². The standard InChI is InChI=1S/C17H27NO3/c1-13-7-9-14(10-8-13)18-15(19)21-17(5,6)11-12-20-16(2,3)4/h7-10H,11-12H2,1-6H3,(H,18,19). The highest BCUT2D eigenvalue weighted by atomic mass is 16.6. The topological polar surface area (TPSA) is 47.6 Å². The van der Waals surface area contributed by atoms with Crippen LogP contribution in [0.4, 0.5) is 10.5 Å². The highest BCUT2D eigenvalue weighted by Gasteiger charge is 2.24. The number of hydrogen-bond donors (Lipinski definition) is 1. The van der Waals surface area contributed by atoms with Crippen molar-refractivity contribution in [2.24, 2.45) is 0 Å². The predicted molar refractivity (Wildman–Crippen MR) is 85.7 cm³/mol. The summed E-state index contributed by atoms with van der Waals surface area (Å²) in [6.45, 7) is 12.3. The van der Waals surface area contributed by atoms with Gasteiger partial charge in [-0.1, -0.05) is 17.7 Å². The van der Waals surface area contributed by atoms with Gasteiger partial charge in [-0.2, -0.15) is 0 Å². The number of carbonyl (C=O) groups is 1. The molecule has 1 amide bonds. The third-order valence-corrected chi connectivity index (χ3v) is 2.91. The summed E-state index contributed by atoms with van der Waals surface area (Å²) in [4.78, 5) is 11.9. The first-order valence-corrected chi connectivity index (χ1v) is 7.28. The van der Waals surface area contributed by atoms with E-state index in [2.05, 4.69) is 5.32 Å². The number of benzene rings is 1. The van der Waals surface area contributed by atoms with E-state index < -0.39 is 11.7 Å². The first kappa shape index (κ1) is 17.5. The Morgan fingerprint density at radius 3 is 2.19 bits per heavy atom. The van der Waals surface area contributed by atoms with E-state index in [1.54, 1.807) is 0 Å². The van der Waals surface area contributed by atoms with Crippen LogP contribution in [0.5, 0.6) is 0 Å². The lowest BCUT2D eigenvalue weighted by Gasteiger charge is -2.27. The molecular weight excluding hydrogens is 266 g/mol. The molecule has 0 radical (unpaired) electrons. The maximum atomic E-state index is 11.9. The van der Waals surface area contributed by atoms with Crippen molar-refractivity contribution in [3.8, 4) is 0 Å². The van der Waals surface area contributed by atoms with Crippen molar-refractivity contribution in [1.29, 1.82) is 0 Å². The monoisotopic (exact) mass is 293 g/mol. The van der Waals surface area contributed by atoms with Gasteiger partial charge in [-0.25, -0.2) is 4.79 Å². The van der Waals surface area contributed by atoms with Crippen molar-refractivity contribution in [1.82, 2.24) is 0 Å². The molecule has 1 N–H and O–H groups in total. The predicted octanol–water partition coefficient (Wildman–Crippen LogP) is 4.53. The van der Waals surface area contributed by atoms with E-state index in [9.17, 15) is 4.79 Å². The van der Waals surface area contributed by atoms with Crippen LogP contribution < -0.4 is 5.32 Å². The molecular formula is C17H27NO3. The molecule has 0 saturated carbocycles. The van der Waals surface area contributed by atoms with Crippen LogP contribution in [0.3, 0.4) is 0 Å². The lowest BCUT2D eigenvalue weighted by molar-refractivity contribution is -0.0380. The number of carbonyl (C=O) groups excluding carboxylic acids is 1. The fourth-order valence-corrected chi connectivity index (χ4v) is 1.69. The average molecular weight is 293 g/mol. The number of ether oxygens (including phenoxy) is 2. The molecule has 4 heteroatoms. The second-order valence-corrected chi connectivity index (χ2v) is 6.85. The third-order valence-electron chi connectivity index (χ3n) is 2.91. The van der Waals surface area contributed by atoms with E-state index in [1.807, 2.05) is 65.8 Å². The van der Waals surface area contributed by atoms with Crippen LogP contribution in [0.25, 0.3) is 0 Å². The van der Waals surface area contributed by atoms with E-state index in [4.69, 9.17) is 9.47 Å². The van der Waals surface area contributed by atoms with Gasteiger partial charge in [0.15, 0.2) is 0 Å². The molecule has 0 aliphatic carbocycles. The first-order valence-electron chi connectivity index (χ1n) is 7.28. The highest BCUT2D eigenvalue weighted by molar-refractivity contribution is 5.84. The van der Waals surface area contributed by atoms with Gasteiger partial charge in [0.2, 0.25) is 0 Å². The molecule has 0 spiro atoms. The maximum Gasteiger partial charge on any atom is 0.412 e. The van der Waals surface area contributed by atoms with Crippen molar-refractivity contribution in [2.75, 3.05) is 11.9 Å². The van der Waals surface area contributed by atoms with Gasteiger partial charge < -0.3 is 9.47 Å². The van der Waals surface area contributed by atoms with Crippen molar-refractivity contribution in [2.45, 2.75) is 59.2 Å². The van der Waals surface area contributed by atoms with Gasteiger partial charge in [0.05, 0.1) is 12.2 Å². The normalized spacial score (nSPS) is 12.1. The molecule has 1 aromatic rings. The Morgan fingerprint density at radius 2 is 1.67 bits per heavy atom. The fourth-order valence-electron chi connectivity index (χ4n) is 1.69. The number of hydrogen-bond acceptors (Lipinski definition) is 3. The molecule has 0 unspecified atom stereocenters. The average Bonchev–Trinajstić information content (AvgIpc) is 2.29. The van der Waals surface area contributed by atoms with Gasteiger partial charge >= 0.3 is 6.09 Å². The molecule has 0 bridgehead atoms. The summed E-state index contributed by atoms with van der Waals surface area (Å²) in [6, 6.07) is 7.59. The molecule has 0 aliphatic rings. The largest absolute Gasteiger partial charge is 0.443 e. The van der Waals surface area contributed by atoms with E-state index >= 15 is 0 Å². The second kappa shape index (κ2) is 6.94. The number of anilines is 1. The number of aryl methyl sites for hydroxylation is 1. The Labute approximate surface area is 127 Å². The maximum absolute atomic E-state index is 11.9. The molecule has 0 heterocycles. The van der Waals surface area contributed by atoms with Gasteiger partial charge in [0, 0.05) is 12.1 Å². The summed E-state index contributed by atoms with van der Waals surface area (Å²) in [5, 5.41) is 2.73. The molecule has 0 fully saturated rings. The number of rotatable bonds is 5. The zero-order valence-corrected chi connectivity index (χ0v) is 13.9. The Bertz CT molecular complexity index is 458. The van der Waals surface area contributed by atoms with Gasteiger partial charge in [-0.05, 0) is 53.7 Å². The zero-order valence-electron chi connectivity index (χ0n) is 13.9. The smallest absolute Gasteiger partial charge is 0.412 e. The first-order chi connectivity index (χ1) is 9.57. The summed E-state index contributed by atoms with van der Waals surface area (Å²) in [5.74, 6) is 0. The van der Waals surface area contributed by atoms with Gasteiger partial charge in [0.25, 0.3) is 0 Å². The summed E-state index contributed by atoms with van der Waals surface area (Å²) in [7, 11) is 0. The summed E-state index contributed by atoms with van der Waals surface area (Å²) >= 11 is 0. The van der Waals surface area contributed by atoms with E-state index in [0.29, 0.717) is 13.0 Å². The summed E-state index contributed by atoms with van der Waals surface area (Å²) in [6.07, 6.45) is 0.200. The molecule has 0 saturated heterocycles. The van der Waals surface area contributed by atoms with E-state index in [-0.39, 0.29) is 5.60 Å². The van der Waals surface area contributed by atoms with Crippen molar-refractivity contribution in [3.63, 3.8) is 0 Å². The Hall–Kier alpha value is -1.55. The van der Waals surface area contributed by atoms with Crippen LogP contribution >= 0.6 is 0 Å². The van der Waals surface area contributed by atoms with E-state index in [1.165, 1.54) is 0 Å². The fraction of sp³-hybridized carbons (Fsp3) is 0.588. The molecule has 118 valence electrons. The van der Waals surface area contributed by atoms with Crippen molar-refractivity contribution < 1.29 is 14.3 Å². The minimum absolute atomic E-state index is 0.180. The van der Waals surface area contributed by atoms with Crippen LogP contribution in [0.1, 0.15) is 46.6 Å². The Balaban J connectivity index is 2.43. The third kappa shape index (κ3) is 7.71. The number of amides is 1. The van der Waals surface area contributed by atoms with Crippen LogP contribution in [0, 0.1) is 6.92 Å². The SMILES string of the molecule is Cc1ccc(NC(=O)OC(C)(C)CCOC(C)(C)C)cc1.